The van der Waals surface area contributed by atoms with E-state index in [0.717, 1.165) is 24.4 Å². The van der Waals surface area contributed by atoms with Crippen LogP contribution in [0.15, 0.2) is 18.2 Å². The van der Waals surface area contributed by atoms with Crippen molar-refractivity contribution in [3.05, 3.63) is 29.8 Å². The van der Waals surface area contributed by atoms with Crippen LogP contribution in [0.25, 0.3) is 11.0 Å². The van der Waals surface area contributed by atoms with Crippen LogP contribution in [0.4, 0.5) is 4.39 Å². The van der Waals surface area contributed by atoms with Crippen LogP contribution < -0.4 is 0 Å². The Balaban J connectivity index is 2.07. The Morgan fingerprint density at radius 2 is 2.14 bits per heavy atom. The molecule has 1 heterocycles. The molecule has 21 heavy (non-hydrogen) atoms. The van der Waals surface area contributed by atoms with Gasteiger partial charge in [0.15, 0.2) is 0 Å². The Labute approximate surface area is 130 Å². The summed E-state index contributed by atoms with van der Waals surface area (Å²) >= 11 is 5.83. The number of hydrogen-bond acceptors (Lipinski definition) is 2. The minimum Gasteiger partial charge on any atom is -0.380 e. The third-order valence-electron chi connectivity index (χ3n) is 3.41. The normalized spacial score (nSPS) is 11.7. The van der Waals surface area contributed by atoms with E-state index in [2.05, 4.69) is 23.4 Å². The predicted molar refractivity (Wildman–Crippen MR) is 84.4 cm³/mol. The molecule has 116 valence electrons. The fourth-order valence-corrected chi connectivity index (χ4v) is 2.42. The van der Waals surface area contributed by atoms with Crippen molar-refractivity contribution in [2.24, 2.45) is 5.92 Å². The van der Waals surface area contributed by atoms with Crippen LogP contribution in [0.1, 0.15) is 26.1 Å². The average molecular weight is 313 g/mol. The molecule has 0 atom stereocenters. The van der Waals surface area contributed by atoms with Gasteiger partial charge in [0.05, 0.1) is 17.6 Å². The summed E-state index contributed by atoms with van der Waals surface area (Å²) in [5.41, 5.74) is 1.61. The molecule has 0 bridgehead atoms. The number of fused-ring (bicyclic) bond motifs is 1. The van der Waals surface area contributed by atoms with E-state index in [-0.39, 0.29) is 5.82 Å². The topological polar surface area (TPSA) is 27.1 Å². The molecule has 0 saturated heterocycles. The van der Waals surface area contributed by atoms with Crippen LogP contribution >= 0.6 is 11.6 Å². The van der Waals surface area contributed by atoms with Crippen molar-refractivity contribution in [3.8, 4) is 0 Å². The van der Waals surface area contributed by atoms with Crippen molar-refractivity contribution in [2.75, 3.05) is 19.1 Å². The van der Waals surface area contributed by atoms with Gasteiger partial charge < -0.3 is 9.30 Å². The maximum atomic E-state index is 13.3. The van der Waals surface area contributed by atoms with E-state index in [1.165, 1.54) is 12.1 Å². The highest BCUT2D eigenvalue weighted by Crippen LogP contribution is 2.18. The van der Waals surface area contributed by atoms with Gasteiger partial charge in [-0.2, -0.15) is 0 Å². The van der Waals surface area contributed by atoms with E-state index < -0.39 is 0 Å². The van der Waals surface area contributed by atoms with Gasteiger partial charge in [-0.15, -0.1) is 11.6 Å². The molecule has 0 aliphatic heterocycles. The lowest BCUT2D eigenvalue weighted by molar-refractivity contribution is 0.116. The van der Waals surface area contributed by atoms with Crippen LogP contribution in [0.2, 0.25) is 0 Å². The molecule has 0 radical (unpaired) electrons. The van der Waals surface area contributed by atoms with Crippen LogP contribution in [0.3, 0.4) is 0 Å². The van der Waals surface area contributed by atoms with Gasteiger partial charge in [-0.3, -0.25) is 0 Å². The Kier molecular flexibility index (Phi) is 6.00. The number of alkyl halides is 1. The van der Waals surface area contributed by atoms with Crippen molar-refractivity contribution in [1.29, 1.82) is 0 Å². The Morgan fingerprint density at radius 3 is 2.86 bits per heavy atom. The average Bonchev–Trinajstić information content (AvgIpc) is 2.75. The predicted octanol–water partition coefficient (Wildman–Crippen LogP) is 4.02. The molecule has 3 nitrogen and oxygen atoms in total. The first-order valence-electron chi connectivity index (χ1n) is 7.40. The Bertz CT molecular complexity index is 583. The molecule has 1 aromatic heterocycles. The number of aryl methyl sites for hydroxylation is 1. The van der Waals surface area contributed by atoms with Gasteiger partial charge >= 0.3 is 0 Å². The molecule has 0 spiro atoms. The number of ether oxygens (including phenoxy) is 1. The molecule has 0 unspecified atom stereocenters. The van der Waals surface area contributed by atoms with Crippen LogP contribution in [0.5, 0.6) is 0 Å². The largest absolute Gasteiger partial charge is 0.380 e. The molecule has 0 aliphatic carbocycles. The van der Waals surface area contributed by atoms with Gasteiger partial charge in [-0.05, 0) is 24.5 Å². The van der Waals surface area contributed by atoms with E-state index in [9.17, 15) is 4.39 Å². The van der Waals surface area contributed by atoms with Crippen LogP contribution in [-0.4, -0.2) is 28.6 Å². The number of imidazole rings is 1. The zero-order chi connectivity index (χ0) is 15.2. The number of halogens is 2. The smallest absolute Gasteiger partial charge is 0.125 e. The number of nitrogens with zero attached hydrogens (tertiary/aromatic N) is 2. The minimum atomic E-state index is -0.266. The molecule has 2 aromatic rings. The van der Waals surface area contributed by atoms with Crippen molar-refractivity contribution < 1.29 is 9.13 Å². The van der Waals surface area contributed by atoms with Crippen LogP contribution in [0, 0.1) is 11.7 Å². The summed E-state index contributed by atoms with van der Waals surface area (Å²) in [6, 6.07) is 4.69. The van der Waals surface area contributed by atoms with Gasteiger partial charge in [-0.25, -0.2) is 9.37 Å². The molecule has 0 aliphatic rings. The standard InChI is InChI=1S/C16H22ClFN2O/c1-12(2)6-9-21-10-8-20-15-4-3-13(18)11-14(15)19-16(20)5-7-17/h3-4,11-12H,5-10H2,1-2H3. The highest BCUT2D eigenvalue weighted by atomic mass is 35.5. The minimum absolute atomic E-state index is 0.266. The summed E-state index contributed by atoms with van der Waals surface area (Å²) in [6.45, 7) is 6.47. The van der Waals surface area contributed by atoms with Gasteiger partial charge in [0.1, 0.15) is 11.6 Å². The molecule has 5 heteroatoms. The molecule has 0 N–H and O–H groups in total. The summed E-state index contributed by atoms with van der Waals surface area (Å²) in [5.74, 6) is 1.77. The third-order valence-corrected chi connectivity index (χ3v) is 3.60. The highest BCUT2D eigenvalue weighted by molar-refractivity contribution is 6.17. The quantitative estimate of drug-likeness (QED) is 0.544. The van der Waals surface area contributed by atoms with Crippen molar-refractivity contribution in [1.82, 2.24) is 9.55 Å². The van der Waals surface area contributed by atoms with E-state index in [4.69, 9.17) is 16.3 Å². The van der Waals surface area contributed by atoms with E-state index in [1.54, 1.807) is 6.07 Å². The Morgan fingerprint density at radius 1 is 1.33 bits per heavy atom. The molecule has 0 saturated carbocycles. The first kappa shape index (κ1) is 16.2. The SMILES string of the molecule is CC(C)CCOCCn1c(CCCl)nc2cc(F)ccc21. The zero-order valence-electron chi connectivity index (χ0n) is 12.6. The monoisotopic (exact) mass is 312 g/mol. The first-order chi connectivity index (χ1) is 10.1. The molecule has 1 aromatic carbocycles. The van der Waals surface area contributed by atoms with Crippen molar-refractivity contribution in [2.45, 2.75) is 33.2 Å². The maximum Gasteiger partial charge on any atom is 0.125 e. The lowest BCUT2D eigenvalue weighted by atomic mass is 10.1. The van der Waals surface area contributed by atoms with E-state index in [1.807, 2.05) is 0 Å². The molecular weight excluding hydrogens is 291 g/mol. The van der Waals surface area contributed by atoms with Gasteiger partial charge in [0.25, 0.3) is 0 Å². The molecular formula is C16H22ClFN2O. The lowest BCUT2D eigenvalue weighted by Crippen LogP contribution is -2.11. The second kappa shape index (κ2) is 7.76. The summed E-state index contributed by atoms with van der Waals surface area (Å²) in [6.07, 6.45) is 1.73. The first-order valence-corrected chi connectivity index (χ1v) is 7.93. The lowest BCUT2D eigenvalue weighted by Gasteiger charge is -2.10. The second-order valence-corrected chi connectivity index (χ2v) is 5.92. The fourth-order valence-electron chi connectivity index (χ4n) is 2.25. The number of benzene rings is 1. The third kappa shape index (κ3) is 4.42. The highest BCUT2D eigenvalue weighted by Gasteiger charge is 2.11. The molecule has 0 amide bonds. The second-order valence-electron chi connectivity index (χ2n) is 5.55. The maximum absolute atomic E-state index is 13.3. The summed E-state index contributed by atoms with van der Waals surface area (Å²) in [5, 5.41) is 0. The molecule has 2 rings (SSSR count). The van der Waals surface area contributed by atoms with Gasteiger partial charge in [0, 0.05) is 31.5 Å². The van der Waals surface area contributed by atoms with E-state index >= 15 is 0 Å². The van der Waals surface area contributed by atoms with Gasteiger partial charge in [0.2, 0.25) is 0 Å². The van der Waals surface area contributed by atoms with Gasteiger partial charge in [-0.1, -0.05) is 13.8 Å². The zero-order valence-corrected chi connectivity index (χ0v) is 13.4. The fraction of sp³-hybridized carbons (Fsp3) is 0.562. The Hall–Kier alpha value is -1.13. The van der Waals surface area contributed by atoms with Crippen LogP contribution in [-0.2, 0) is 17.7 Å². The summed E-state index contributed by atoms with van der Waals surface area (Å²) < 4.78 is 21.0. The number of hydrogen-bond donors (Lipinski definition) is 0. The van der Waals surface area contributed by atoms with E-state index in [0.29, 0.717) is 36.9 Å². The summed E-state index contributed by atoms with van der Waals surface area (Å²) in [4.78, 5) is 4.47. The number of rotatable bonds is 8. The van der Waals surface area contributed by atoms with Crippen molar-refractivity contribution >= 4 is 22.6 Å². The summed E-state index contributed by atoms with van der Waals surface area (Å²) in [7, 11) is 0. The number of aromatic nitrogens is 2. The molecule has 0 fully saturated rings. The van der Waals surface area contributed by atoms with Crippen molar-refractivity contribution in [3.63, 3.8) is 0 Å².